The van der Waals surface area contributed by atoms with Gasteiger partial charge in [0, 0.05) is 14.7 Å². The molecule has 0 saturated carbocycles. The molecule has 0 amide bonds. The first-order valence-electron chi connectivity index (χ1n) is 4.94. The minimum absolute atomic E-state index is 0.172. The zero-order valence-corrected chi connectivity index (χ0v) is 11.2. The fourth-order valence-electron chi connectivity index (χ4n) is 1.34. The van der Waals surface area contributed by atoms with Gasteiger partial charge in [-0.05, 0) is 39.7 Å². The van der Waals surface area contributed by atoms with Crippen molar-refractivity contribution >= 4 is 27.3 Å². The molecule has 1 N–H and O–H groups in total. The van der Waals surface area contributed by atoms with E-state index in [4.69, 9.17) is 9.84 Å². The van der Waals surface area contributed by atoms with Crippen LogP contribution in [0.1, 0.15) is 10.4 Å². The van der Waals surface area contributed by atoms with Crippen LogP contribution in [0.5, 0.6) is 5.75 Å². The van der Waals surface area contributed by atoms with Crippen LogP contribution >= 0.6 is 27.3 Å². The maximum Gasteiger partial charge on any atom is 0.165 e. The number of hydrogen-bond donors (Lipinski definition) is 1. The zero-order chi connectivity index (χ0) is 12.3. The third-order valence-electron chi connectivity index (χ3n) is 2.17. The van der Waals surface area contributed by atoms with Crippen molar-refractivity contribution in [3.63, 3.8) is 0 Å². The molecule has 0 fully saturated rings. The summed E-state index contributed by atoms with van der Waals surface area (Å²) in [4.78, 5) is 1.02. The van der Waals surface area contributed by atoms with Gasteiger partial charge in [0.05, 0.1) is 6.61 Å². The highest BCUT2D eigenvalue weighted by atomic mass is 79.9. The molecule has 0 saturated heterocycles. The van der Waals surface area contributed by atoms with Crippen molar-refractivity contribution in [2.75, 3.05) is 0 Å². The van der Waals surface area contributed by atoms with Gasteiger partial charge in [0.25, 0.3) is 0 Å². The van der Waals surface area contributed by atoms with Crippen molar-refractivity contribution in [3.8, 4) is 5.75 Å². The largest absolute Gasteiger partial charge is 0.485 e. The van der Waals surface area contributed by atoms with Gasteiger partial charge in [-0.15, -0.1) is 11.3 Å². The highest BCUT2D eigenvalue weighted by molar-refractivity contribution is 9.10. The Balaban J connectivity index is 2.04. The number of thiophene rings is 1. The molecule has 0 radical (unpaired) electrons. The molecule has 0 aliphatic heterocycles. The molecule has 2 nitrogen and oxygen atoms in total. The maximum absolute atomic E-state index is 13.5. The lowest BCUT2D eigenvalue weighted by molar-refractivity contribution is 0.277. The van der Waals surface area contributed by atoms with E-state index in [9.17, 15) is 4.39 Å². The van der Waals surface area contributed by atoms with Crippen molar-refractivity contribution in [1.82, 2.24) is 0 Å². The molecule has 0 spiro atoms. The molecule has 17 heavy (non-hydrogen) atoms. The van der Waals surface area contributed by atoms with Gasteiger partial charge in [-0.25, -0.2) is 4.39 Å². The quantitative estimate of drug-likeness (QED) is 0.931. The first-order chi connectivity index (χ1) is 8.19. The van der Waals surface area contributed by atoms with Crippen molar-refractivity contribution < 1.29 is 14.2 Å². The minimum Gasteiger partial charge on any atom is -0.485 e. The van der Waals surface area contributed by atoms with E-state index in [1.807, 2.05) is 11.4 Å². The normalized spacial score (nSPS) is 10.5. The van der Waals surface area contributed by atoms with Crippen LogP contribution in [-0.2, 0) is 13.2 Å². The minimum atomic E-state index is -0.452. The van der Waals surface area contributed by atoms with Crippen LogP contribution in [0.3, 0.4) is 0 Å². The second-order valence-electron chi connectivity index (χ2n) is 3.44. The molecule has 0 bridgehead atoms. The van der Waals surface area contributed by atoms with Crippen LogP contribution in [0, 0.1) is 5.82 Å². The molecule has 1 aromatic carbocycles. The SMILES string of the molecule is OCc1ccc(OCc2cc(Br)cs2)c(F)c1. The fraction of sp³-hybridized carbons (Fsp3) is 0.167. The summed E-state index contributed by atoms with van der Waals surface area (Å²) in [6, 6.07) is 6.39. The summed E-state index contributed by atoms with van der Waals surface area (Å²) in [6.45, 7) is 0.167. The molecular weight excluding hydrogens is 307 g/mol. The van der Waals surface area contributed by atoms with Crippen LogP contribution in [-0.4, -0.2) is 5.11 Å². The number of halogens is 2. The van der Waals surface area contributed by atoms with E-state index < -0.39 is 5.82 Å². The smallest absolute Gasteiger partial charge is 0.165 e. The van der Waals surface area contributed by atoms with Crippen molar-refractivity contribution in [1.29, 1.82) is 0 Å². The van der Waals surface area contributed by atoms with Crippen LogP contribution in [0.25, 0.3) is 0 Å². The van der Waals surface area contributed by atoms with E-state index in [1.54, 1.807) is 17.4 Å². The topological polar surface area (TPSA) is 29.5 Å². The van der Waals surface area contributed by atoms with Crippen molar-refractivity contribution in [3.05, 3.63) is 50.4 Å². The molecule has 90 valence electrons. The zero-order valence-electron chi connectivity index (χ0n) is 8.82. The summed E-state index contributed by atoms with van der Waals surface area (Å²) in [6.07, 6.45) is 0. The summed E-state index contributed by atoms with van der Waals surface area (Å²) in [5.74, 6) is -0.251. The second-order valence-corrected chi connectivity index (χ2v) is 5.35. The van der Waals surface area contributed by atoms with Gasteiger partial charge in [-0.3, -0.25) is 0 Å². The lowest BCUT2D eigenvalue weighted by Crippen LogP contribution is -1.96. The third kappa shape index (κ3) is 3.28. The van der Waals surface area contributed by atoms with E-state index in [0.29, 0.717) is 12.2 Å². The van der Waals surface area contributed by atoms with Gasteiger partial charge in [-0.1, -0.05) is 6.07 Å². The second kappa shape index (κ2) is 5.62. The van der Waals surface area contributed by atoms with E-state index in [-0.39, 0.29) is 12.4 Å². The number of benzene rings is 1. The van der Waals surface area contributed by atoms with Crippen LogP contribution in [0.2, 0.25) is 0 Å². The molecule has 5 heteroatoms. The maximum atomic E-state index is 13.5. The molecule has 0 unspecified atom stereocenters. The molecule has 1 heterocycles. The Labute approximate surface area is 111 Å². The van der Waals surface area contributed by atoms with Gasteiger partial charge < -0.3 is 9.84 Å². The number of aliphatic hydroxyl groups excluding tert-OH is 1. The van der Waals surface area contributed by atoms with Gasteiger partial charge in [-0.2, -0.15) is 0 Å². The molecule has 1 aromatic heterocycles. The number of ether oxygens (including phenoxy) is 1. The summed E-state index contributed by atoms with van der Waals surface area (Å²) in [7, 11) is 0. The first-order valence-corrected chi connectivity index (χ1v) is 6.61. The predicted molar refractivity (Wildman–Crippen MR) is 68.7 cm³/mol. The van der Waals surface area contributed by atoms with Gasteiger partial charge >= 0.3 is 0 Å². The molecule has 0 aliphatic rings. The van der Waals surface area contributed by atoms with Crippen LogP contribution in [0.4, 0.5) is 4.39 Å². The van der Waals surface area contributed by atoms with Gasteiger partial charge in [0.2, 0.25) is 0 Å². The van der Waals surface area contributed by atoms with Gasteiger partial charge in [0.15, 0.2) is 11.6 Å². The summed E-state index contributed by atoms with van der Waals surface area (Å²) >= 11 is 4.89. The number of hydrogen-bond acceptors (Lipinski definition) is 3. The highest BCUT2D eigenvalue weighted by Crippen LogP contribution is 2.23. The van der Waals surface area contributed by atoms with E-state index >= 15 is 0 Å². The molecule has 2 aromatic rings. The summed E-state index contributed by atoms with van der Waals surface area (Å²) in [5, 5.41) is 10.8. The summed E-state index contributed by atoms with van der Waals surface area (Å²) in [5.41, 5.74) is 0.536. The Morgan fingerprint density at radius 3 is 2.76 bits per heavy atom. The lowest BCUT2D eigenvalue weighted by Gasteiger charge is -2.06. The monoisotopic (exact) mass is 316 g/mol. The molecular formula is C12H10BrFO2S. The molecule has 0 atom stereocenters. The average Bonchev–Trinajstić information content (AvgIpc) is 2.73. The standard InChI is InChI=1S/C12H10BrFO2S/c13-9-4-10(17-7-9)6-16-12-2-1-8(5-15)3-11(12)14/h1-4,7,15H,5-6H2. The van der Waals surface area contributed by atoms with E-state index in [0.717, 1.165) is 9.35 Å². The predicted octanol–water partition coefficient (Wildman–Crippen LogP) is 3.72. The highest BCUT2D eigenvalue weighted by Gasteiger charge is 2.05. The molecule has 2 rings (SSSR count). The van der Waals surface area contributed by atoms with Crippen molar-refractivity contribution in [2.24, 2.45) is 0 Å². The van der Waals surface area contributed by atoms with Crippen LogP contribution in [0.15, 0.2) is 34.1 Å². The van der Waals surface area contributed by atoms with E-state index in [2.05, 4.69) is 15.9 Å². The Bertz CT molecular complexity index is 513. The van der Waals surface area contributed by atoms with Gasteiger partial charge in [0.1, 0.15) is 6.61 Å². The first kappa shape index (κ1) is 12.5. The van der Waals surface area contributed by atoms with Crippen molar-refractivity contribution in [2.45, 2.75) is 13.2 Å². The number of aliphatic hydroxyl groups is 1. The van der Waals surface area contributed by atoms with E-state index in [1.165, 1.54) is 12.1 Å². The third-order valence-corrected chi connectivity index (χ3v) is 3.84. The van der Waals surface area contributed by atoms with Crippen LogP contribution < -0.4 is 4.74 Å². The molecule has 0 aliphatic carbocycles. The summed E-state index contributed by atoms with van der Waals surface area (Å²) < 4.78 is 19.9. The fourth-order valence-corrected chi connectivity index (χ4v) is 2.70. The number of rotatable bonds is 4. The lowest BCUT2D eigenvalue weighted by atomic mass is 10.2. The average molecular weight is 317 g/mol. The Kier molecular flexibility index (Phi) is 4.15. The Morgan fingerprint density at radius 1 is 1.35 bits per heavy atom. The Hall–Kier alpha value is -0.910. The Morgan fingerprint density at radius 2 is 2.18 bits per heavy atom.